The van der Waals surface area contributed by atoms with Crippen LogP contribution in [0.4, 0.5) is 11.4 Å². The molecule has 19 heavy (non-hydrogen) atoms. The van der Waals surface area contributed by atoms with Gasteiger partial charge in [-0.3, -0.25) is 10.1 Å². The molecular formula is C14H21N3O2. The third-order valence-electron chi connectivity index (χ3n) is 3.54. The standard InChI is InChI=1S/C14H21N3O2/c1-12-5-6-14(17(18)19)13(11-12)15-7-10-16-8-3-2-4-9-16/h5-6,11,15H,2-4,7-10H2,1H3. The van der Waals surface area contributed by atoms with Crippen molar-refractivity contribution in [3.05, 3.63) is 33.9 Å². The Bertz CT molecular complexity index is 442. The van der Waals surface area contributed by atoms with E-state index in [-0.39, 0.29) is 10.6 Å². The summed E-state index contributed by atoms with van der Waals surface area (Å²) < 4.78 is 0. The van der Waals surface area contributed by atoms with Crippen molar-refractivity contribution < 1.29 is 4.92 Å². The van der Waals surface area contributed by atoms with E-state index < -0.39 is 0 Å². The van der Waals surface area contributed by atoms with E-state index in [1.54, 1.807) is 12.1 Å². The fourth-order valence-corrected chi connectivity index (χ4v) is 2.48. The largest absolute Gasteiger partial charge is 0.378 e. The minimum Gasteiger partial charge on any atom is -0.378 e. The average molecular weight is 263 g/mol. The summed E-state index contributed by atoms with van der Waals surface area (Å²) in [5.41, 5.74) is 1.82. The molecule has 104 valence electrons. The van der Waals surface area contributed by atoms with E-state index in [0.717, 1.165) is 31.7 Å². The molecule has 0 saturated carbocycles. The average Bonchev–Trinajstić information content (AvgIpc) is 2.39. The molecule has 0 aliphatic carbocycles. The number of nitrogens with one attached hydrogen (secondary N) is 1. The molecule has 1 N–H and O–H groups in total. The van der Waals surface area contributed by atoms with Crippen LogP contribution in [0.25, 0.3) is 0 Å². The molecule has 0 bridgehead atoms. The van der Waals surface area contributed by atoms with Crippen LogP contribution in [0.3, 0.4) is 0 Å². The molecule has 0 amide bonds. The van der Waals surface area contributed by atoms with E-state index in [9.17, 15) is 10.1 Å². The maximum Gasteiger partial charge on any atom is 0.292 e. The fraction of sp³-hybridized carbons (Fsp3) is 0.571. The van der Waals surface area contributed by atoms with E-state index >= 15 is 0 Å². The number of nitrogens with zero attached hydrogens (tertiary/aromatic N) is 2. The van der Waals surface area contributed by atoms with Gasteiger partial charge in [0.2, 0.25) is 0 Å². The van der Waals surface area contributed by atoms with Crippen molar-refractivity contribution in [3.63, 3.8) is 0 Å². The number of hydrogen-bond donors (Lipinski definition) is 1. The van der Waals surface area contributed by atoms with Crippen molar-refractivity contribution in [2.24, 2.45) is 0 Å². The Labute approximate surface area is 113 Å². The van der Waals surface area contributed by atoms with Crippen LogP contribution in [-0.2, 0) is 0 Å². The van der Waals surface area contributed by atoms with Crippen molar-refractivity contribution in [1.29, 1.82) is 0 Å². The predicted octanol–water partition coefficient (Wildman–Crippen LogP) is 2.80. The normalized spacial score (nSPS) is 16.3. The predicted molar refractivity (Wildman–Crippen MR) is 76.6 cm³/mol. The van der Waals surface area contributed by atoms with Gasteiger partial charge < -0.3 is 10.2 Å². The van der Waals surface area contributed by atoms with E-state index in [0.29, 0.717) is 5.69 Å². The lowest BCUT2D eigenvalue weighted by atomic mass is 10.1. The highest BCUT2D eigenvalue weighted by Crippen LogP contribution is 2.24. The highest BCUT2D eigenvalue weighted by atomic mass is 16.6. The van der Waals surface area contributed by atoms with Crippen molar-refractivity contribution in [2.45, 2.75) is 26.2 Å². The smallest absolute Gasteiger partial charge is 0.292 e. The molecule has 5 heteroatoms. The SMILES string of the molecule is Cc1ccc([N+](=O)[O-])c(NCCN2CCCCC2)c1. The van der Waals surface area contributed by atoms with Gasteiger partial charge in [-0.05, 0) is 44.5 Å². The molecule has 2 rings (SSSR count). The van der Waals surface area contributed by atoms with Crippen LogP contribution in [0.2, 0.25) is 0 Å². The first-order valence-electron chi connectivity index (χ1n) is 6.88. The number of benzene rings is 1. The summed E-state index contributed by atoms with van der Waals surface area (Å²) in [7, 11) is 0. The second-order valence-electron chi connectivity index (χ2n) is 5.11. The number of hydrogen-bond acceptors (Lipinski definition) is 4. The zero-order valence-corrected chi connectivity index (χ0v) is 11.4. The molecule has 1 saturated heterocycles. The summed E-state index contributed by atoms with van der Waals surface area (Å²) in [5.74, 6) is 0. The third-order valence-corrected chi connectivity index (χ3v) is 3.54. The Balaban J connectivity index is 1.91. The highest BCUT2D eigenvalue weighted by molar-refractivity contribution is 5.62. The molecule has 5 nitrogen and oxygen atoms in total. The minimum atomic E-state index is -0.331. The third kappa shape index (κ3) is 3.92. The van der Waals surface area contributed by atoms with E-state index in [2.05, 4.69) is 10.2 Å². The first-order valence-corrected chi connectivity index (χ1v) is 6.88. The molecule has 1 aliphatic heterocycles. The maximum absolute atomic E-state index is 11.0. The summed E-state index contributed by atoms with van der Waals surface area (Å²) in [6.45, 7) is 5.95. The number of piperidine rings is 1. The molecular weight excluding hydrogens is 242 g/mol. The summed E-state index contributed by atoms with van der Waals surface area (Å²) >= 11 is 0. The van der Waals surface area contributed by atoms with Crippen LogP contribution in [-0.4, -0.2) is 36.0 Å². The number of rotatable bonds is 5. The number of likely N-dealkylation sites (tertiary alicyclic amines) is 1. The van der Waals surface area contributed by atoms with Crippen LogP contribution in [0.1, 0.15) is 24.8 Å². The van der Waals surface area contributed by atoms with Crippen molar-refractivity contribution >= 4 is 11.4 Å². The molecule has 1 heterocycles. The Hall–Kier alpha value is -1.62. The molecule has 1 aliphatic rings. The van der Waals surface area contributed by atoms with Gasteiger partial charge in [0.05, 0.1) is 4.92 Å². The maximum atomic E-state index is 11.0. The molecule has 1 aromatic carbocycles. The van der Waals surface area contributed by atoms with Gasteiger partial charge in [-0.15, -0.1) is 0 Å². The topological polar surface area (TPSA) is 58.4 Å². The van der Waals surface area contributed by atoms with Gasteiger partial charge in [0, 0.05) is 19.2 Å². The first kappa shape index (κ1) is 13.8. The monoisotopic (exact) mass is 263 g/mol. The second-order valence-corrected chi connectivity index (χ2v) is 5.11. The van der Waals surface area contributed by atoms with E-state index in [1.807, 2.05) is 13.0 Å². The minimum absolute atomic E-state index is 0.157. The Kier molecular flexibility index (Phi) is 4.74. The summed E-state index contributed by atoms with van der Waals surface area (Å²) in [6.07, 6.45) is 3.86. The lowest BCUT2D eigenvalue weighted by Gasteiger charge is -2.26. The molecule has 0 aromatic heterocycles. The lowest BCUT2D eigenvalue weighted by molar-refractivity contribution is -0.384. The highest BCUT2D eigenvalue weighted by Gasteiger charge is 2.14. The quantitative estimate of drug-likeness (QED) is 0.655. The lowest BCUT2D eigenvalue weighted by Crippen LogP contribution is -2.33. The summed E-state index contributed by atoms with van der Waals surface area (Å²) in [6, 6.07) is 5.18. The summed E-state index contributed by atoms with van der Waals surface area (Å²) in [4.78, 5) is 13.0. The number of nitro groups is 1. The fourth-order valence-electron chi connectivity index (χ4n) is 2.48. The van der Waals surface area contributed by atoms with Crippen molar-refractivity contribution in [2.75, 3.05) is 31.5 Å². The number of anilines is 1. The van der Waals surface area contributed by atoms with Gasteiger partial charge in [0.25, 0.3) is 5.69 Å². The molecule has 1 fully saturated rings. The molecule has 0 radical (unpaired) electrons. The van der Waals surface area contributed by atoms with Gasteiger partial charge in [-0.25, -0.2) is 0 Å². The van der Waals surface area contributed by atoms with Gasteiger partial charge >= 0.3 is 0 Å². The van der Waals surface area contributed by atoms with E-state index in [4.69, 9.17) is 0 Å². The zero-order valence-electron chi connectivity index (χ0n) is 11.4. The van der Waals surface area contributed by atoms with Crippen LogP contribution in [0.5, 0.6) is 0 Å². The molecule has 0 atom stereocenters. The number of aryl methyl sites for hydroxylation is 1. The number of nitro benzene ring substituents is 1. The summed E-state index contributed by atoms with van der Waals surface area (Å²) in [5, 5.41) is 14.2. The Morgan fingerprint density at radius 1 is 1.32 bits per heavy atom. The zero-order chi connectivity index (χ0) is 13.7. The van der Waals surface area contributed by atoms with Crippen LogP contribution >= 0.6 is 0 Å². The van der Waals surface area contributed by atoms with Crippen molar-refractivity contribution in [3.8, 4) is 0 Å². The molecule has 0 unspecified atom stereocenters. The Morgan fingerprint density at radius 3 is 2.74 bits per heavy atom. The van der Waals surface area contributed by atoms with Crippen LogP contribution in [0, 0.1) is 17.0 Å². The van der Waals surface area contributed by atoms with Crippen LogP contribution in [0.15, 0.2) is 18.2 Å². The van der Waals surface area contributed by atoms with Gasteiger partial charge in [0.1, 0.15) is 5.69 Å². The Morgan fingerprint density at radius 2 is 2.05 bits per heavy atom. The van der Waals surface area contributed by atoms with Gasteiger partial charge in [0.15, 0.2) is 0 Å². The van der Waals surface area contributed by atoms with Gasteiger partial charge in [-0.1, -0.05) is 12.5 Å². The molecule has 1 aromatic rings. The van der Waals surface area contributed by atoms with Gasteiger partial charge in [-0.2, -0.15) is 0 Å². The second kappa shape index (κ2) is 6.52. The van der Waals surface area contributed by atoms with Crippen molar-refractivity contribution in [1.82, 2.24) is 4.90 Å². The first-order chi connectivity index (χ1) is 9.16. The van der Waals surface area contributed by atoms with E-state index in [1.165, 1.54) is 19.3 Å². The molecule has 0 spiro atoms. The van der Waals surface area contributed by atoms with Crippen LogP contribution < -0.4 is 5.32 Å².